The monoisotopic (exact) mass is 329 g/mol. The first kappa shape index (κ1) is 16.3. The highest BCUT2D eigenvalue weighted by Gasteiger charge is 2.22. The van der Waals surface area contributed by atoms with Crippen LogP contribution in [0.5, 0.6) is 0 Å². The van der Waals surface area contributed by atoms with Crippen LogP contribution in [0.3, 0.4) is 0 Å². The summed E-state index contributed by atoms with van der Waals surface area (Å²) in [5.74, 6) is 0.184. The van der Waals surface area contributed by atoms with Gasteiger partial charge in [-0.25, -0.2) is 4.79 Å². The number of morpholine rings is 1. The normalized spacial score (nSPS) is 14.5. The molecule has 0 bridgehead atoms. The summed E-state index contributed by atoms with van der Waals surface area (Å²) in [6.45, 7) is 2.31. The van der Waals surface area contributed by atoms with Crippen molar-refractivity contribution in [2.24, 2.45) is 0 Å². The van der Waals surface area contributed by atoms with Gasteiger partial charge in [-0.2, -0.15) is 0 Å². The number of nitro groups is 1. The first-order chi connectivity index (χ1) is 10.6. The highest BCUT2D eigenvalue weighted by molar-refractivity contribution is 6.18. The van der Waals surface area contributed by atoms with Crippen molar-refractivity contribution in [1.29, 1.82) is 0 Å². The number of anilines is 2. The summed E-state index contributed by atoms with van der Waals surface area (Å²) in [6, 6.07) is 4.52. The zero-order chi connectivity index (χ0) is 15.9. The molecule has 0 spiro atoms. The number of halogens is 1. The van der Waals surface area contributed by atoms with Crippen molar-refractivity contribution in [3.8, 4) is 0 Å². The Hall–Kier alpha value is -2.06. The van der Waals surface area contributed by atoms with Crippen molar-refractivity contribution in [2.45, 2.75) is 0 Å². The Kier molecular flexibility index (Phi) is 5.79. The summed E-state index contributed by atoms with van der Waals surface area (Å²) in [5.41, 5.74) is 0.730. The second kappa shape index (κ2) is 7.81. The molecule has 9 heteroatoms. The van der Waals surface area contributed by atoms with Crippen molar-refractivity contribution in [3.63, 3.8) is 0 Å². The van der Waals surface area contributed by atoms with E-state index < -0.39 is 11.0 Å². The molecule has 8 nitrogen and oxygen atoms in total. The van der Waals surface area contributed by atoms with Crippen LogP contribution in [-0.4, -0.2) is 49.8 Å². The van der Waals surface area contributed by atoms with Crippen molar-refractivity contribution in [2.75, 3.05) is 49.0 Å². The number of rotatable bonds is 5. The molecule has 2 rings (SSSR count). The molecule has 0 saturated carbocycles. The lowest BCUT2D eigenvalue weighted by molar-refractivity contribution is -0.384. The second-order valence-electron chi connectivity index (χ2n) is 4.51. The van der Waals surface area contributed by atoms with Gasteiger partial charge in [0, 0.05) is 19.2 Å². The molecule has 1 aliphatic heterocycles. The van der Waals surface area contributed by atoms with E-state index in [4.69, 9.17) is 21.1 Å². The lowest BCUT2D eigenvalue weighted by Crippen LogP contribution is -2.36. The van der Waals surface area contributed by atoms with Gasteiger partial charge in [-0.05, 0) is 12.1 Å². The predicted molar refractivity (Wildman–Crippen MR) is 81.8 cm³/mol. The van der Waals surface area contributed by atoms with E-state index >= 15 is 0 Å². The number of benzene rings is 1. The third kappa shape index (κ3) is 4.22. The van der Waals surface area contributed by atoms with Gasteiger partial charge in [-0.1, -0.05) is 0 Å². The van der Waals surface area contributed by atoms with Crippen LogP contribution in [0, 0.1) is 10.1 Å². The van der Waals surface area contributed by atoms with Gasteiger partial charge in [-0.3, -0.25) is 15.4 Å². The molecule has 1 N–H and O–H groups in total. The summed E-state index contributed by atoms with van der Waals surface area (Å²) >= 11 is 5.41. The largest absolute Gasteiger partial charge is 0.448 e. The van der Waals surface area contributed by atoms with Crippen molar-refractivity contribution >= 4 is 34.8 Å². The van der Waals surface area contributed by atoms with Gasteiger partial charge in [0.1, 0.15) is 12.3 Å². The minimum absolute atomic E-state index is 0.0708. The summed E-state index contributed by atoms with van der Waals surface area (Å²) < 4.78 is 10.0. The van der Waals surface area contributed by atoms with Crippen LogP contribution in [-0.2, 0) is 9.47 Å². The lowest BCUT2D eigenvalue weighted by atomic mass is 10.2. The molecule has 1 amide bonds. The Bertz CT molecular complexity index is 548. The van der Waals surface area contributed by atoms with Crippen molar-refractivity contribution < 1.29 is 19.2 Å². The Morgan fingerprint density at radius 1 is 1.45 bits per heavy atom. The minimum atomic E-state index is -0.700. The molecular weight excluding hydrogens is 314 g/mol. The number of hydrogen-bond donors (Lipinski definition) is 1. The third-order valence-electron chi connectivity index (χ3n) is 3.08. The molecule has 0 unspecified atom stereocenters. The zero-order valence-corrected chi connectivity index (χ0v) is 12.5. The number of amides is 1. The van der Waals surface area contributed by atoms with E-state index in [1.807, 2.05) is 4.90 Å². The molecule has 120 valence electrons. The number of hydrogen-bond acceptors (Lipinski definition) is 6. The molecule has 0 atom stereocenters. The quantitative estimate of drug-likeness (QED) is 0.505. The molecular formula is C13H16ClN3O5. The van der Waals surface area contributed by atoms with E-state index in [1.165, 1.54) is 6.07 Å². The van der Waals surface area contributed by atoms with E-state index in [0.717, 1.165) is 0 Å². The van der Waals surface area contributed by atoms with Crippen LogP contribution in [0.1, 0.15) is 0 Å². The minimum Gasteiger partial charge on any atom is -0.448 e. The summed E-state index contributed by atoms with van der Waals surface area (Å²) in [5, 5.41) is 13.7. The van der Waals surface area contributed by atoms with Crippen LogP contribution in [0.15, 0.2) is 18.2 Å². The standard InChI is InChI=1S/C13H16ClN3O5/c14-3-6-22-13(18)15-10-1-2-11(12(9-10)17(19)20)16-4-7-21-8-5-16/h1-2,9H,3-8H2,(H,15,18). The highest BCUT2D eigenvalue weighted by Crippen LogP contribution is 2.31. The number of carbonyl (C=O) groups excluding carboxylic acids is 1. The fourth-order valence-corrected chi connectivity index (χ4v) is 2.18. The van der Waals surface area contributed by atoms with Gasteiger partial charge in [0.25, 0.3) is 5.69 Å². The van der Waals surface area contributed by atoms with Crippen molar-refractivity contribution in [3.05, 3.63) is 28.3 Å². The lowest BCUT2D eigenvalue weighted by Gasteiger charge is -2.28. The fourth-order valence-electron chi connectivity index (χ4n) is 2.10. The molecule has 1 fully saturated rings. The highest BCUT2D eigenvalue weighted by atomic mass is 35.5. The topological polar surface area (TPSA) is 93.9 Å². The number of nitrogens with zero attached hydrogens (tertiary/aromatic N) is 2. The predicted octanol–water partition coefficient (Wildman–Crippen LogP) is 2.22. The van der Waals surface area contributed by atoms with E-state index in [2.05, 4.69) is 5.32 Å². The Morgan fingerprint density at radius 2 is 2.18 bits per heavy atom. The number of alkyl halides is 1. The number of ether oxygens (including phenoxy) is 2. The average molecular weight is 330 g/mol. The molecule has 0 radical (unpaired) electrons. The van der Waals surface area contributed by atoms with Gasteiger partial charge < -0.3 is 14.4 Å². The fraction of sp³-hybridized carbons (Fsp3) is 0.462. The van der Waals surface area contributed by atoms with E-state index in [0.29, 0.717) is 37.7 Å². The van der Waals surface area contributed by atoms with Gasteiger partial charge >= 0.3 is 6.09 Å². The Balaban J connectivity index is 2.16. The summed E-state index contributed by atoms with van der Waals surface area (Å²) in [4.78, 5) is 24.1. The van der Waals surface area contributed by atoms with Crippen LogP contribution < -0.4 is 10.2 Å². The van der Waals surface area contributed by atoms with Crippen LogP contribution in [0.2, 0.25) is 0 Å². The number of nitrogens with one attached hydrogen (secondary N) is 1. The smallest absolute Gasteiger partial charge is 0.411 e. The molecule has 1 heterocycles. The van der Waals surface area contributed by atoms with Gasteiger partial charge in [0.05, 0.1) is 29.7 Å². The SMILES string of the molecule is O=C(Nc1ccc(N2CCOCC2)c([N+](=O)[O-])c1)OCCCl. The third-order valence-corrected chi connectivity index (χ3v) is 3.23. The van der Waals surface area contributed by atoms with E-state index in [9.17, 15) is 14.9 Å². The summed E-state index contributed by atoms with van der Waals surface area (Å²) in [6.07, 6.45) is -0.700. The maximum absolute atomic E-state index is 11.5. The van der Waals surface area contributed by atoms with Crippen molar-refractivity contribution in [1.82, 2.24) is 0 Å². The molecule has 22 heavy (non-hydrogen) atoms. The Labute approximate surface area is 132 Å². The van der Waals surface area contributed by atoms with Gasteiger partial charge in [0.2, 0.25) is 0 Å². The second-order valence-corrected chi connectivity index (χ2v) is 4.89. The maximum atomic E-state index is 11.5. The molecule has 1 saturated heterocycles. The zero-order valence-electron chi connectivity index (χ0n) is 11.8. The first-order valence-electron chi connectivity index (χ1n) is 6.72. The summed E-state index contributed by atoms with van der Waals surface area (Å²) in [7, 11) is 0. The van der Waals surface area contributed by atoms with E-state index in [-0.39, 0.29) is 18.2 Å². The van der Waals surface area contributed by atoms with Gasteiger partial charge in [-0.15, -0.1) is 11.6 Å². The number of carbonyl (C=O) groups is 1. The van der Waals surface area contributed by atoms with Crippen LogP contribution >= 0.6 is 11.6 Å². The number of nitro benzene ring substituents is 1. The average Bonchev–Trinajstić information content (AvgIpc) is 2.53. The molecule has 0 aromatic heterocycles. The van der Waals surface area contributed by atoms with Crippen LogP contribution in [0.4, 0.5) is 21.9 Å². The first-order valence-corrected chi connectivity index (χ1v) is 7.26. The van der Waals surface area contributed by atoms with Crippen LogP contribution in [0.25, 0.3) is 0 Å². The molecule has 1 aromatic rings. The van der Waals surface area contributed by atoms with E-state index in [1.54, 1.807) is 12.1 Å². The maximum Gasteiger partial charge on any atom is 0.411 e. The molecule has 1 aliphatic rings. The molecule has 1 aromatic carbocycles. The van der Waals surface area contributed by atoms with Gasteiger partial charge in [0.15, 0.2) is 0 Å². The Morgan fingerprint density at radius 3 is 2.82 bits per heavy atom. The molecule has 0 aliphatic carbocycles.